The Labute approximate surface area is 220 Å². The predicted molar refractivity (Wildman–Crippen MR) is 145 cm³/mol. The summed E-state index contributed by atoms with van der Waals surface area (Å²) in [5.74, 6) is 1.02. The SMILES string of the molecule is C=CC(=O)N1CCN(c2nc(OCC3CCCN3C)nc3c2CCC2(CCc4ccccc42)C3)[C@@H](C)C1. The molecule has 2 aliphatic carbocycles. The van der Waals surface area contributed by atoms with E-state index in [2.05, 4.69) is 54.6 Å². The average molecular weight is 502 g/mol. The van der Waals surface area contributed by atoms with Gasteiger partial charge in [0.25, 0.3) is 0 Å². The van der Waals surface area contributed by atoms with Crippen molar-refractivity contribution < 1.29 is 9.53 Å². The van der Waals surface area contributed by atoms with Crippen LogP contribution in [0.15, 0.2) is 36.9 Å². The van der Waals surface area contributed by atoms with Crippen LogP contribution in [-0.2, 0) is 29.5 Å². The maximum absolute atomic E-state index is 12.3. The van der Waals surface area contributed by atoms with Crippen molar-refractivity contribution in [2.24, 2.45) is 0 Å². The number of aryl methyl sites for hydroxylation is 1. The number of rotatable bonds is 5. The van der Waals surface area contributed by atoms with Crippen molar-refractivity contribution in [3.8, 4) is 6.01 Å². The summed E-state index contributed by atoms with van der Waals surface area (Å²) in [4.78, 5) is 29.0. The van der Waals surface area contributed by atoms with Crippen LogP contribution in [0.25, 0.3) is 0 Å². The van der Waals surface area contributed by atoms with Gasteiger partial charge in [0.2, 0.25) is 5.91 Å². The summed E-state index contributed by atoms with van der Waals surface area (Å²) in [5, 5.41) is 0. The maximum Gasteiger partial charge on any atom is 0.318 e. The molecule has 2 aliphatic heterocycles. The van der Waals surface area contributed by atoms with Crippen molar-refractivity contribution in [1.82, 2.24) is 19.8 Å². The number of likely N-dealkylation sites (N-methyl/N-ethyl adjacent to an activating group) is 1. The Balaban J connectivity index is 1.33. The third kappa shape index (κ3) is 4.41. The lowest BCUT2D eigenvalue weighted by atomic mass is 9.69. The second-order valence-electron chi connectivity index (χ2n) is 11.5. The van der Waals surface area contributed by atoms with Crippen LogP contribution in [0.1, 0.15) is 55.0 Å². The Morgan fingerprint density at radius 3 is 2.81 bits per heavy atom. The summed E-state index contributed by atoms with van der Waals surface area (Å²) in [6.07, 6.45) is 9.17. The van der Waals surface area contributed by atoms with E-state index < -0.39 is 0 Å². The summed E-state index contributed by atoms with van der Waals surface area (Å²) >= 11 is 0. The zero-order valence-electron chi connectivity index (χ0n) is 22.3. The van der Waals surface area contributed by atoms with Crippen LogP contribution in [0.2, 0.25) is 0 Å². The Morgan fingerprint density at radius 1 is 1.19 bits per heavy atom. The number of piperazine rings is 1. The summed E-state index contributed by atoms with van der Waals surface area (Å²) in [5.41, 5.74) is 5.60. The Morgan fingerprint density at radius 2 is 2.03 bits per heavy atom. The molecule has 1 aromatic heterocycles. The van der Waals surface area contributed by atoms with Crippen molar-refractivity contribution in [2.45, 2.75) is 69.4 Å². The van der Waals surface area contributed by atoms with Gasteiger partial charge in [-0.2, -0.15) is 9.97 Å². The average Bonchev–Trinajstić information content (AvgIpc) is 3.49. The number of likely N-dealkylation sites (tertiary alicyclic amines) is 1. The highest BCUT2D eigenvalue weighted by Crippen LogP contribution is 2.48. The molecule has 3 atom stereocenters. The second-order valence-corrected chi connectivity index (χ2v) is 11.5. The summed E-state index contributed by atoms with van der Waals surface area (Å²) in [7, 11) is 2.17. The fourth-order valence-corrected chi connectivity index (χ4v) is 7.14. The molecule has 7 heteroatoms. The number of fused-ring (bicyclic) bond motifs is 3. The molecule has 0 bridgehead atoms. The molecule has 2 unspecified atom stereocenters. The molecule has 0 radical (unpaired) electrons. The van der Waals surface area contributed by atoms with E-state index in [1.54, 1.807) is 0 Å². The largest absolute Gasteiger partial charge is 0.462 e. The van der Waals surface area contributed by atoms with Crippen LogP contribution in [0.4, 0.5) is 5.82 Å². The van der Waals surface area contributed by atoms with E-state index in [1.807, 2.05) is 4.90 Å². The van der Waals surface area contributed by atoms with E-state index >= 15 is 0 Å². The molecule has 1 amide bonds. The van der Waals surface area contributed by atoms with Gasteiger partial charge in [-0.15, -0.1) is 0 Å². The Hall–Kier alpha value is -2.93. The maximum atomic E-state index is 12.3. The van der Waals surface area contributed by atoms with Gasteiger partial charge in [0.15, 0.2) is 0 Å². The topological polar surface area (TPSA) is 61.8 Å². The first-order valence-electron chi connectivity index (χ1n) is 14.0. The number of nitrogens with zero attached hydrogens (tertiary/aromatic N) is 5. The van der Waals surface area contributed by atoms with Gasteiger partial charge in [-0.05, 0) is 82.7 Å². The number of anilines is 1. The molecule has 1 spiro atoms. The van der Waals surface area contributed by atoms with Crippen molar-refractivity contribution in [3.05, 3.63) is 59.3 Å². The van der Waals surface area contributed by atoms with E-state index in [-0.39, 0.29) is 17.4 Å². The van der Waals surface area contributed by atoms with E-state index in [9.17, 15) is 4.79 Å². The van der Waals surface area contributed by atoms with E-state index in [0.717, 1.165) is 56.7 Å². The van der Waals surface area contributed by atoms with Crippen LogP contribution >= 0.6 is 0 Å². The minimum atomic E-state index is 0.00256. The highest BCUT2D eigenvalue weighted by atomic mass is 16.5. The molecule has 2 saturated heterocycles. The quantitative estimate of drug-likeness (QED) is 0.584. The van der Waals surface area contributed by atoms with E-state index in [4.69, 9.17) is 14.7 Å². The molecule has 6 rings (SSSR count). The molecular weight excluding hydrogens is 462 g/mol. The zero-order chi connectivity index (χ0) is 25.6. The number of carbonyl (C=O) groups excluding carboxylic acids is 1. The number of ether oxygens (including phenoxy) is 1. The Bertz CT molecular complexity index is 1200. The molecule has 196 valence electrons. The smallest absolute Gasteiger partial charge is 0.318 e. The van der Waals surface area contributed by atoms with E-state index in [0.29, 0.717) is 31.7 Å². The molecule has 2 fully saturated rings. The second kappa shape index (κ2) is 9.75. The van der Waals surface area contributed by atoms with Crippen molar-refractivity contribution >= 4 is 11.7 Å². The number of carbonyl (C=O) groups is 1. The van der Waals surface area contributed by atoms with Crippen LogP contribution in [0.5, 0.6) is 6.01 Å². The zero-order valence-corrected chi connectivity index (χ0v) is 22.3. The van der Waals surface area contributed by atoms with Crippen LogP contribution in [0, 0.1) is 0 Å². The number of hydrogen-bond donors (Lipinski definition) is 0. The predicted octanol–water partition coefficient (Wildman–Crippen LogP) is 3.55. The lowest BCUT2D eigenvalue weighted by molar-refractivity contribution is -0.126. The van der Waals surface area contributed by atoms with Gasteiger partial charge in [0.1, 0.15) is 12.4 Å². The normalized spacial score (nSPS) is 27.3. The highest BCUT2D eigenvalue weighted by Gasteiger charge is 2.43. The van der Waals surface area contributed by atoms with Crippen molar-refractivity contribution in [1.29, 1.82) is 0 Å². The third-order valence-electron chi connectivity index (χ3n) is 9.33. The summed E-state index contributed by atoms with van der Waals surface area (Å²) < 4.78 is 6.32. The number of hydrogen-bond acceptors (Lipinski definition) is 6. The van der Waals surface area contributed by atoms with Crippen LogP contribution < -0.4 is 9.64 Å². The summed E-state index contributed by atoms with van der Waals surface area (Å²) in [6, 6.07) is 10.1. The lowest BCUT2D eigenvalue weighted by Crippen LogP contribution is -2.54. The molecular formula is C30H39N5O2. The molecule has 4 aliphatic rings. The van der Waals surface area contributed by atoms with Crippen molar-refractivity contribution in [2.75, 3.05) is 44.7 Å². The first-order chi connectivity index (χ1) is 18.0. The first kappa shape index (κ1) is 24.4. The fraction of sp³-hybridized carbons (Fsp3) is 0.567. The lowest BCUT2D eigenvalue weighted by Gasteiger charge is -2.42. The first-order valence-corrected chi connectivity index (χ1v) is 14.0. The minimum absolute atomic E-state index is 0.00256. The van der Waals surface area contributed by atoms with Gasteiger partial charge in [0.05, 0.1) is 5.69 Å². The van der Waals surface area contributed by atoms with Gasteiger partial charge in [-0.3, -0.25) is 4.79 Å². The molecule has 0 saturated carbocycles. The number of aromatic nitrogens is 2. The molecule has 2 aromatic rings. The van der Waals surface area contributed by atoms with Crippen molar-refractivity contribution in [3.63, 3.8) is 0 Å². The number of amides is 1. The number of benzene rings is 1. The molecule has 1 aromatic carbocycles. The third-order valence-corrected chi connectivity index (χ3v) is 9.33. The van der Waals surface area contributed by atoms with E-state index in [1.165, 1.54) is 35.6 Å². The fourth-order valence-electron chi connectivity index (χ4n) is 7.14. The Kier molecular flexibility index (Phi) is 6.43. The molecule has 3 heterocycles. The van der Waals surface area contributed by atoms with Gasteiger partial charge < -0.3 is 19.4 Å². The molecule has 0 N–H and O–H groups in total. The molecule has 7 nitrogen and oxygen atoms in total. The van der Waals surface area contributed by atoms with Gasteiger partial charge in [0, 0.05) is 42.7 Å². The van der Waals surface area contributed by atoms with Gasteiger partial charge in [-0.25, -0.2) is 0 Å². The summed E-state index contributed by atoms with van der Waals surface area (Å²) in [6.45, 7) is 9.70. The standard InChI is InChI=1S/C30H39N5O2/c1-4-27(36)34-16-17-35(21(2)19-34)28-24-12-14-30(13-11-22-8-5-6-10-25(22)30)18-26(24)31-29(32-28)37-20-23-9-7-15-33(23)3/h4-6,8,10,21,23H,1,7,9,11-20H2,2-3H3/t21-,23?,30?/m0/s1. The highest BCUT2D eigenvalue weighted by molar-refractivity contribution is 5.87. The van der Waals surface area contributed by atoms with Gasteiger partial charge in [-0.1, -0.05) is 30.8 Å². The molecule has 37 heavy (non-hydrogen) atoms. The minimum Gasteiger partial charge on any atom is -0.462 e. The van der Waals surface area contributed by atoms with Gasteiger partial charge >= 0.3 is 6.01 Å². The van der Waals surface area contributed by atoms with Crippen LogP contribution in [-0.4, -0.2) is 77.6 Å². The van der Waals surface area contributed by atoms with Crippen LogP contribution in [0.3, 0.4) is 0 Å². The monoisotopic (exact) mass is 501 g/mol.